The van der Waals surface area contributed by atoms with Crippen molar-refractivity contribution in [2.45, 2.75) is 173 Å². The zero-order valence-electron chi connectivity index (χ0n) is 27.4. The molecule has 0 aromatic carbocycles. The molecule has 0 aliphatic carbocycles. The molecular formula is C34H62O10. The predicted octanol–water partition coefficient (Wildman–Crippen LogP) is 5.27. The Labute approximate surface area is 265 Å². The van der Waals surface area contributed by atoms with Crippen molar-refractivity contribution in [2.24, 2.45) is 0 Å². The van der Waals surface area contributed by atoms with E-state index < -0.39 is 55.4 Å². The van der Waals surface area contributed by atoms with Crippen LogP contribution in [0.3, 0.4) is 0 Å². The average Bonchev–Trinajstić information content (AvgIpc) is 3.02. The number of unbranched alkanes of at least 4 members (excludes halogenated alkanes) is 14. The van der Waals surface area contributed by atoms with Crippen LogP contribution in [0.4, 0.5) is 0 Å². The number of rotatable bonds is 27. The van der Waals surface area contributed by atoms with Crippen molar-refractivity contribution in [3.8, 4) is 0 Å². The van der Waals surface area contributed by atoms with Gasteiger partial charge in [0.15, 0.2) is 12.4 Å². The summed E-state index contributed by atoms with van der Waals surface area (Å²) in [5, 5.41) is 39.7. The third-order valence-electron chi connectivity index (χ3n) is 7.90. The molecule has 1 fully saturated rings. The van der Waals surface area contributed by atoms with Gasteiger partial charge in [-0.3, -0.25) is 9.59 Å². The van der Waals surface area contributed by atoms with Gasteiger partial charge in [0.05, 0.1) is 13.2 Å². The van der Waals surface area contributed by atoms with E-state index in [1.807, 2.05) is 0 Å². The third kappa shape index (κ3) is 19.1. The van der Waals surface area contributed by atoms with E-state index in [1.165, 1.54) is 38.5 Å². The van der Waals surface area contributed by atoms with E-state index >= 15 is 0 Å². The van der Waals surface area contributed by atoms with Crippen LogP contribution in [0.25, 0.3) is 0 Å². The Hall–Kier alpha value is -1.56. The summed E-state index contributed by atoms with van der Waals surface area (Å²) in [5.41, 5.74) is 0. The number of hydrogen-bond donors (Lipinski definition) is 4. The fourth-order valence-electron chi connectivity index (χ4n) is 5.06. The van der Waals surface area contributed by atoms with Gasteiger partial charge in [0.2, 0.25) is 0 Å². The maximum Gasteiger partial charge on any atom is 0.306 e. The van der Waals surface area contributed by atoms with E-state index in [2.05, 4.69) is 26.0 Å². The van der Waals surface area contributed by atoms with Crippen molar-refractivity contribution in [2.75, 3.05) is 19.8 Å². The van der Waals surface area contributed by atoms with Crippen molar-refractivity contribution >= 4 is 11.9 Å². The van der Waals surface area contributed by atoms with Gasteiger partial charge in [0, 0.05) is 12.8 Å². The van der Waals surface area contributed by atoms with Crippen molar-refractivity contribution in [3.63, 3.8) is 0 Å². The van der Waals surface area contributed by atoms with Gasteiger partial charge in [-0.05, 0) is 38.5 Å². The topological polar surface area (TPSA) is 152 Å². The van der Waals surface area contributed by atoms with Crippen LogP contribution in [-0.4, -0.2) is 89.0 Å². The number of aliphatic hydroxyl groups is 4. The van der Waals surface area contributed by atoms with E-state index in [0.29, 0.717) is 6.42 Å². The first-order valence-electron chi connectivity index (χ1n) is 17.3. The molecule has 0 saturated carbocycles. The van der Waals surface area contributed by atoms with Gasteiger partial charge in [-0.25, -0.2) is 0 Å². The quantitative estimate of drug-likeness (QED) is 0.0537. The van der Waals surface area contributed by atoms with Crippen molar-refractivity contribution in [3.05, 3.63) is 12.2 Å². The third-order valence-corrected chi connectivity index (χ3v) is 7.90. The van der Waals surface area contributed by atoms with Crippen molar-refractivity contribution < 1.29 is 49.0 Å². The second-order valence-corrected chi connectivity index (χ2v) is 12.0. The van der Waals surface area contributed by atoms with Crippen LogP contribution in [0.2, 0.25) is 0 Å². The van der Waals surface area contributed by atoms with Crippen LogP contribution >= 0.6 is 0 Å². The predicted molar refractivity (Wildman–Crippen MR) is 169 cm³/mol. The summed E-state index contributed by atoms with van der Waals surface area (Å²) in [7, 11) is 0. The molecule has 10 heteroatoms. The minimum absolute atomic E-state index is 0.219. The summed E-state index contributed by atoms with van der Waals surface area (Å²) >= 11 is 0. The van der Waals surface area contributed by atoms with Crippen LogP contribution in [-0.2, 0) is 28.5 Å². The molecular weight excluding hydrogens is 568 g/mol. The summed E-state index contributed by atoms with van der Waals surface area (Å²) in [6.07, 6.45) is 15.6. The molecule has 4 N–H and O–H groups in total. The second kappa shape index (κ2) is 26.6. The lowest BCUT2D eigenvalue weighted by molar-refractivity contribution is -0.305. The van der Waals surface area contributed by atoms with Crippen LogP contribution in [0, 0.1) is 0 Å². The van der Waals surface area contributed by atoms with Gasteiger partial charge in [0.25, 0.3) is 0 Å². The Bertz CT molecular complexity index is 744. The highest BCUT2D eigenvalue weighted by Crippen LogP contribution is 2.22. The molecule has 6 atom stereocenters. The summed E-state index contributed by atoms with van der Waals surface area (Å²) in [6, 6.07) is 0. The first-order chi connectivity index (χ1) is 21.3. The molecule has 1 rings (SSSR count). The second-order valence-electron chi connectivity index (χ2n) is 12.0. The number of allylic oxidation sites excluding steroid dienone is 2. The van der Waals surface area contributed by atoms with Crippen LogP contribution < -0.4 is 0 Å². The molecule has 0 aromatic heterocycles. The summed E-state index contributed by atoms with van der Waals surface area (Å²) in [5.74, 6) is -0.831. The Morgan fingerprint density at radius 1 is 0.682 bits per heavy atom. The number of carbonyl (C=O) groups excluding carboxylic acids is 2. The van der Waals surface area contributed by atoms with E-state index in [0.717, 1.165) is 64.2 Å². The molecule has 0 amide bonds. The molecule has 0 radical (unpaired) electrons. The van der Waals surface area contributed by atoms with Gasteiger partial charge in [-0.15, -0.1) is 0 Å². The van der Waals surface area contributed by atoms with Gasteiger partial charge in [-0.1, -0.05) is 96.6 Å². The Balaban J connectivity index is 2.41. The first kappa shape index (κ1) is 40.5. The highest BCUT2D eigenvalue weighted by Gasteiger charge is 2.44. The molecule has 0 aromatic rings. The largest absolute Gasteiger partial charge is 0.462 e. The van der Waals surface area contributed by atoms with Gasteiger partial charge < -0.3 is 39.4 Å². The lowest BCUT2D eigenvalue weighted by Crippen LogP contribution is -2.59. The number of carbonyl (C=O) groups is 2. The first-order valence-corrected chi connectivity index (χ1v) is 17.3. The molecule has 1 aliphatic heterocycles. The zero-order valence-corrected chi connectivity index (χ0v) is 27.4. The molecule has 0 spiro atoms. The van der Waals surface area contributed by atoms with Crippen LogP contribution in [0.1, 0.15) is 136 Å². The van der Waals surface area contributed by atoms with Crippen LogP contribution in [0.15, 0.2) is 12.2 Å². The van der Waals surface area contributed by atoms with Gasteiger partial charge >= 0.3 is 11.9 Å². The van der Waals surface area contributed by atoms with Crippen LogP contribution in [0.5, 0.6) is 0 Å². The SMILES string of the molecule is CCCCCCC/C=C\CCCCCCCC(=O)OC(COC(=O)CCCCCCC)COC1OC(CO)C(O)C(O)C1O. The van der Waals surface area contributed by atoms with E-state index in [9.17, 15) is 30.0 Å². The Morgan fingerprint density at radius 3 is 1.77 bits per heavy atom. The highest BCUT2D eigenvalue weighted by atomic mass is 16.7. The maximum absolute atomic E-state index is 12.6. The normalized spacial score (nSPS) is 22.7. The van der Waals surface area contributed by atoms with E-state index in [4.69, 9.17) is 18.9 Å². The van der Waals surface area contributed by atoms with Crippen molar-refractivity contribution in [1.82, 2.24) is 0 Å². The standard InChI is InChI=1S/C34H62O10/c1-3-5-7-9-10-11-12-13-14-15-16-17-19-21-23-30(37)43-27(25-41-29(36)22-20-18-8-6-4-2)26-42-34-33(40)32(39)31(38)28(24-35)44-34/h12-13,27-28,31-35,38-40H,3-11,14-26H2,1-2H3/b13-12-. The summed E-state index contributed by atoms with van der Waals surface area (Å²) in [4.78, 5) is 24.8. The van der Waals surface area contributed by atoms with E-state index in [1.54, 1.807) is 0 Å². The molecule has 44 heavy (non-hydrogen) atoms. The Morgan fingerprint density at radius 2 is 1.20 bits per heavy atom. The minimum atomic E-state index is -1.59. The van der Waals surface area contributed by atoms with Crippen molar-refractivity contribution in [1.29, 1.82) is 0 Å². The monoisotopic (exact) mass is 630 g/mol. The van der Waals surface area contributed by atoms with E-state index in [-0.39, 0.29) is 26.1 Å². The minimum Gasteiger partial charge on any atom is -0.462 e. The highest BCUT2D eigenvalue weighted by molar-refractivity contribution is 5.70. The summed E-state index contributed by atoms with van der Waals surface area (Å²) < 4.78 is 21.8. The zero-order chi connectivity index (χ0) is 32.4. The maximum atomic E-state index is 12.6. The van der Waals surface area contributed by atoms with Gasteiger partial charge in [-0.2, -0.15) is 0 Å². The van der Waals surface area contributed by atoms with Gasteiger partial charge in [0.1, 0.15) is 31.0 Å². The molecule has 0 bridgehead atoms. The lowest BCUT2D eigenvalue weighted by Gasteiger charge is -2.39. The Kier molecular flexibility index (Phi) is 24.5. The average molecular weight is 631 g/mol. The fraction of sp³-hybridized carbons (Fsp3) is 0.882. The molecule has 10 nitrogen and oxygen atoms in total. The molecule has 1 saturated heterocycles. The number of aliphatic hydroxyl groups excluding tert-OH is 4. The lowest BCUT2D eigenvalue weighted by atomic mass is 9.99. The number of hydrogen-bond acceptors (Lipinski definition) is 10. The number of esters is 2. The molecule has 1 aliphatic rings. The fourth-order valence-corrected chi connectivity index (χ4v) is 5.06. The molecule has 6 unspecified atom stereocenters. The molecule has 1 heterocycles. The number of ether oxygens (including phenoxy) is 4. The molecule has 258 valence electrons. The smallest absolute Gasteiger partial charge is 0.306 e. The summed E-state index contributed by atoms with van der Waals surface area (Å²) in [6.45, 7) is 3.27.